The van der Waals surface area contributed by atoms with Gasteiger partial charge in [0.25, 0.3) is 17.7 Å². The summed E-state index contributed by atoms with van der Waals surface area (Å²) in [6.07, 6.45) is 2.10. The maximum atomic E-state index is 11.7. The molecule has 1 aliphatic heterocycles. The number of aromatic hydroxyl groups is 2. The van der Waals surface area contributed by atoms with Crippen LogP contribution in [0.2, 0.25) is 0 Å². The van der Waals surface area contributed by atoms with Crippen molar-refractivity contribution in [1.29, 1.82) is 0 Å². The fraction of sp³-hybridized carbons (Fsp3) is 0.250. The van der Waals surface area contributed by atoms with Crippen LogP contribution in [0.5, 0.6) is 17.5 Å². The van der Waals surface area contributed by atoms with E-state index >= 15 is 0 Å². The first-order chi connectivity index (χ1) is 11.3. The molecule has 0 spiro atoms. The highest BCUT2D eigenvalue weighted by atomic mass is 32.2. The van der Waals surface area contributed by atoms with Crippen LogP contribution in [0.25, 0.3) is 0 Å². The van der Waals surface area contributed by atoms with Gasteiger partial charge in [-0.05, 0) is 6.42 Å². The Kier molecular flexibility index (Phi) is 5.21. The molecule has 0 radical (unpaired) electrons. The van der Waals surface area contributed by atoms with E-state index in [9.17, 15) is 28.8 Å². The Bertz CT molecular complexity index is 721. The topological polar surface area (TPSA) is 156 Å². The van der Waals surface area contributed by atoms with Crippen LogP contribution >= 0.6 is 0 Å². The van der Waals surface area contributed by atoms with Crippen LogP contribution in [0, 0.1) is 0 Å². The summed E-state index contributed by atoms with van der Waals surface area (Å²) in [7, 11) is 0. The average molecular weight is 360 g/mol. The molecule has 1 aromatic rings. The molecule has 0 fully saturated rings. The number of aromatic nitrogens is 1. The molecular formula is C12H12N2O9S. The maximum Gasteiger partial charge on any atom is 0.357 e. The summed E-state index contributed by atoms with van der Waals surface area (Å²) in [5, 5.41) is 19.1. The monoisotopic (exact) mass is 360 g/mol. The van der Waals surface area contributed by atoms with Gasteiger partial charge in [-0.3, -0.25) is 19.0 Å². The lowest BCUT2D eigenvalue weighted by molar-refractivity contribution is -0.146. The first-order valence-corrected chi connectivity index (χ1v) is 7.50. The van der Waals surface area contributed by atoms with E-state index in [0.29, 0.717) is 4.73 Å². The van der Waals surface area contributed by atoms with Crippen LogP contribution in [0.4, 0.5) is 0 Å². The first kappa shape index (κ1) is 17.5. The van der Waals surface area contributed by atoms with Gasteiger partial charge < -0.3 is 19.2 Å². The summed E-state index contributed by atoms with van der Waals surface area (Å²) < 4.78 is 23.6. The molecule has 1 unspecified atom stereocenters. The molecule has 0 saturated carbocycles. The second-order valence-electron chi connectivity index (χ2n) is 4.51. The molecule has 0 aliphatic carbocycles. The summed E-state index contributed by atoms with van der Waals surface area (Å²) >= 11 is -2.75. The summed E-state index contributed by atoms with van der Waals surface area (Å²) in [4.78, 5) is 39.9. The molecule has 1 aromatic heterocycles. The van der Waals surface area contributed by atoms with Crippen molar-refractivity contribution in [3.05, 3.63) is 18.2 Å². The number of hydrogen-bond donors (Lipinski definition) is 3. The van der Waals surface area contributed by atoms with Crippen LogP contribution in [0.15, 0.2) is 18.2 Å². The van der Waals surface area contributed by atoms with E-state index in [1.165, 1.54) is 0 Å². The number of amides is 2. The van der Waals surface area contributed by atoms with Crippen LogP contribution < -0.4 is 9.02 Å². The van der Waals surface area contributed by atoms with Crippen molar-refractivity contribution < 1.29 is 42.4 Å². The summed E-state index contributed by atoms with van der Waals surface area (Å²) in [5.74, 6) is -4.05. The number of hydrogen-bond acceptors (Lipinski definition) is 8. The maximum absolute atomic E-state index is 11.7. The molecule has 3 N–H and O–H groups in total. The number of carbonyl (C=O) groups is 3. The minimum absolute atomic E-state index is 0.00125. The summed E-state index contributed by atoms with van der Waals surface area (Å²) in [6.45, 7) is 0.00125. The molecule has 130 valence electrons. The van der Waals surface area contributed by atoms with Crippen LogP contribution in [-0.4, -0.2) is 52.9 Å². The van der Waals surface area contributed by atoms with Gasteiger partial charge in [-0.25, -0.2) is 4.79 Å². The number of nitrogens with zero attached hydrogens (tertiary/aromatic N) is 2. The van der Waals surface area contributed by atoms with Gasteiger partial charge in [-0.1, -0.05) is 0 Å². The van der Waals surface area contributed by atoms with Gasteiger partial charge in [-0.2, -0.15) is 4.21 Å². The van der Waals surface area contributed by atoms with Crippen LogP contribution in [0.1, 0.15) is 12.8 Å². The SMILES string of the molecule is O=C(CCCN1C(=O)C=CC1=O)On1c(O)cc(OS(=O)O)c1O. The van der Waals surface area contributed by atoms with Crippen molar-refractivity contribution in [3.63, 3.8) is 0 Å². The number of rotatable bonds is 7. The predicted molar refractivity (Wildman–Crippen MR) is 75.8 cm³/mol. The Morgan fingerprint density at radius 2 is 1.83 bits per heavy atom. The zero-order chi connectivity index (χ0) is 17.9. The van der Waals surface area contributed by atoms with Crippen LogP contribution in [0.3, 0.4) is 0 Å². The van der Waals surface area contributed by atoms with Crippen molar-refractivity contribution in [2.24, 2.45) is 0 Å². The number of imide groups is 1. The van der Waals surface area contributed by atoms with E-state index in [-0.39, 0.29) is 19.4 Å². The van der Waals surface area contributed by atoms with Crippen molar-refractivity contribution >= 4 is 29.1 Å². The van der Waals surface area contributed by atoms with E-state index in [2.05, 4.69) is 9.02 Å². The second kappa shape index (κ2) is 7.14. The van der Waals surface area contributed by atoms with E-state index in [4.69, 9.17) is 4.55 Å². The van der Waals surface area contributed by atoms with E-state index in [1.807, 2.05) is 0 Å². The second-order valence-corrected chi connectivity index (χ2v) is 5.11. The molecular weight excluding hydrogens is 348 g/mol. The van der Waals surface area contributed by atoms with Gasteiger partial charge in [0.2, 0.25) is 11.6 Å². The third-order valence-corrected chi connectivity index (χ3v) is 3.22. The molecule has 24 heavy (non-hydrogen) atoms. The molecule has 0 saturated heterocycles. The van der Waals surface area contributed by atoms with Gasteiger partial charge in [0.05, 0.1) is 6.07 Å². The summed E-state index contributed by atoms with van der Waals surface area (Å²) in [5.41, 5.74) is 0. The molecule has 0 aromatic carbocycles. The first-order valence-electron chi connectivity index (χ1n) is 6.47. The minimum Gasteiger partial charge on any atom is -0.492 e. The highest BCUT2D eigenvalue weighted by Gasteiger charge is 2.24. The lowest BCUT2D eigenvalue weighted by atomic mass is 10.3. The Labute approximate surface area is 137 Å². The Balaban J connectivity index is 1.88. The fourth-order valence-electron chi connectivity index (χ4n) is 1.86. The molecule has 2 heterocycles. The molecule has 11 nitrogen and oxygen atoms in total. The van der Waals surface area contributed by atoms with Gasteiger partial charge in [0.1, 0.15) is 0 Å². The molecule has 0 bridgehead atoms. The lowest BCUT2D eigenvalue weighted by Crippen LogP contribution is -2.31. The molecule has 1 atom stereocenters. The van der Waals surface area contributed by atoms with Gasteiger partial charge in [0, 0.05) is 25.1 Å². The normalized spacial score (nSPS) is 15.0. The zero-order valence-corrected chi connectivity index (χ0v) is 12.8. The average Bonchev–Trinajstić information content (AvgIpc) is 2.94. The van der Waals surface area contributed by atoms with Crippen molar-refractivity contribution in [1.82, 2.24) is 9.63 Å². The third kappa shape index (κ3) is 3.91. The smallest absolute Gasteiger partial charge is 0.357 e. The molecule has 1 aliphatic rings. The van der Waals surface area contributed by atoms with E-state index in [1.54, 1.807) is 0 Å². The highest BCUT2D eigenvalue weighted by Crippen LogP contribution is 2.33. The fourth-order valence-corrected chi connectivity index (χ4v) is 2.13. The van der Waals surface area contributed by atoms with Crippen molar-refractivity contribution in [3.8, 4) is 17.5 Å². The van der Waals surface area contributed by atoms with Crippen LogP contribution in [-0.2, 0) is 25.7 Å². The minimum atomic E-state index is -2.75. The van der Waals surface area contributed by atoms with E-state index < -0.39 is 46.7 Å². The Morgan fingerprint density at radius 1 is 1.21 bits per heavy atom. The van der Waals surface area contributed by atoms with E-state index in [0.717, 1.165) is 23.1 Å². The standard InChI is InChI=1S/C12H12N2O9S/c15-8-3-4-9(16)13(8)5-1-2-11(18)22-14-10(17)6-7(12(14)19)23-24(20)21/h3-4,6,17,19H,1-2,5H2,(H,20,21). The predicted octanol–water partition coefficient (Wildman–Crippen LogP) is -0.925. The Hall–Kier alpha value is -2.86. The third-order valence-electron chi connectivity index (χ3n) is 2.90. The Morgan fingerprint density at radius 3 is 2.42 bits per heavy atom. The highest BCUT2D eigenvalue weighted by molar-refractivity contribution is 7.74. The van der Waals surface area contributed by atoms with Crippen molar-refractivity contribution in [2.45, 2.75) is 12.8 Å². The molecule has 2 amide bonds. The number of carbonyl (C=O) groups excluding carboxylic acids is 3. The molecule has 12 heteroatoms. The summed E-state index contributed by atoms with van der Waals surface area (Å²) in [6, 6.07) is 0.768. The largest absolute Gasteiger partial charge is 0.492 e. The lowest BCUT2D eigenvalue weighted by Gasteiger charge is -2.13. The van der Waals surface area contributed by atoms with Gasteiger partial charge in [-0.15, -0.1) is 4.73 Å². The van der Waals surface area contributed by atoms with Gasteiger partial charge in [0.15, 0.2) is 0 Å². The van der Waals surface area contributed by atoms with Gasteiger partial charge >= 0.3 is 17.3 Å². The zero-order valence-electron chi connectivity index (χ0n) is 11.9. The molecule has 2 rings (SSSR count). The quantitative estimate of drug-likeness (QED) is 0.413. The van der Waals surface area contributed by atoms with Crippen molar-refractivity contribution in [2.75, 3.05) is 6.54 Å².